The third kappa shape index (κ3) is 1.96. The van der Waals surface area contributed by atoms with Crippen LogP contribution in [0.25, 0.3) is 10.8 Å². The Morgan fingerprint density at radius 3 is 2.44 bits per heavy atom. The van der Waals surface area contributed by atoms with Crippen molar-refractivity contribution in [3.63, 3.8) is 0 Å². The molecule has 94 valence electrons. The molecular weight excluding hydrogens is 222 g/mol. The lowest BCUT2D eigenvalue weighted by atomic mass is 10.0. The Morgan fingerprint density at radius 1 is 1.00 bits per heavy atom. The van der Waals surface area contributed by atoms with E-state index in [1.54, 1.807) is 0 Å². The third-order valence-corrected chi connectivity index (χ3v) is 3.67. The fourth-order valence-electron chi connectivity index (χ4n) is 2.71. The summed E-state index contributed by atoms with van der Waals surface area (Å²) in [5, 5.41) is 6.00. The van der Waals surface area contributed by atoms with Gasteiger partial charge in [0.2, 0.25) is 0 Å². The molecule has 0 atom stereocenters. The summed E-state index contributed by atoms with van der Waals surface area (Å²) in [7, 11) is 0. The molecular formula is C15H19N3. The maximum atomic E-state index is 5.82. The molecule has 3 rings (SSSR count). The van der Waals surface area contributed by atoms with Crippen molar-refractivity contribution in [2.45, 2.75) is 6.54 Å². The van der Waals surface area contributed by atoms with Crippen molar-refractivity contribution in [3.8, 4) is 0 Å². The smallest absolute Gasteiger partial charge is 0.0447 e. The highest BCUT2D eigenvalue weighted by molar-refractivity contribution is 5.96. The van der Waals surface area contributed by atoms with Crippen LogP contribution < -0.4 is 16.0 Å². The van der Waals surface area contributed by atoms with E-state index < -0.39 is 0 Å². The summed E-state index contributed by atoms with van der Waals surface area (Å²) in [6, 6.07) is 12.9. The maximum absolute atomic E-state index is 5.82. The van der Waals surface area contributed by atoms with Gasteiger partial charge in [0.1, 0.15) is 0 Å². The Morgan fingerprint density at radius 2 is 1.72 bits per heavy atom. The topological polar surface area (TPSA) is 41.3 Å². The molecule has 0 bridgehead atoms. The molecule has 3 N–H and O–H groups in total. The maximum Gasteiger partial charge on any atom is 0.0447 e. The molecule has 3 nitrogen and oxygen atoms in total. The van der Waals surface area contributed by atoms with Crippen molar-refractivity contribution >= 4 is 16.5 Å². The van der Waals surface area contributed by atoms with Crippen LogP contribution in [-0.4, -0.2) is 26.2 Å². The Labute approximate surface area is 108 Å². The molecule has 1 fully saturated rings. The number of fused-ring (bicyclic) bond motifs is 1. The summed E-state index contributed by atoms with van der Waals surface area (Å²) in [6.07, 6.45) is 0. The first-order valence-electron chi connectivity index (χ1n) is 6.56. The van der Waals surface area contributed by atoms with E-state index in [2.05, 4.69) is 46.6 Å². The minimum Gasteiger partial charge on any atom is -0.368 e. The number of nitrogens with zero attached hydrogens (tertiary/aromatic N) is 1. The van der Waals surface area contributed by atoms with Gasteiger partial charge in [-0.1, -0.05) is 30.3 Å². The van der Waals surface area contributed by atoms with E-state index in [1.807, 2.05) is 0 Å². The van der Waals surface area contributed by atoms with Crippen LogP contribution in [0.15, 0.2) is 36.4 Å². The van der Waals surface area contributed by atoms with Crippen LogP contribution >= 0.6 is 0 Å². The molecule has 1 heterocycles. The number of hydrogen-bond donors (Lipinski definition) is 2. The zero-order chi connectivity index (χ0) is 12.4. The highest BCUT2D eigenvalue weighted by Gasteiger charge is 2.13. The molecule has 2 aromatic carbocycles. The Kier molecular flexibility index (Phi) is 3.17. The second-order valence-electron chi connectivity index (χ2n) is 4.73. The second kappa shape index (κ2) is 4.96. The fraction of sp³-hybridized carbons (Fsp3) is 0.333. The fourth-order valence-corrected chi connectivity index (χ4v) is 2.71. The molecule has 0 amide bonds. The number of rotatable bonds is 2. The molecule has 0 aromatic heterocycles. The van der Waals surface area contributed by atoms with Crippen LogP contribution in [0.3, 0.4) is 0 Å². The molecule has 1 aliphatic heterocycles. The van der Waals surface area contributed by atoms with Crippen molar-refractivity contribution in [2.24, 2.45) is 5.73 Å². The molecule has 18 heavy (non-hydrogen) atoms. The Bertz CT molecular complexity index is 544. The van der Waals surface area contributed by atoms with Gasteiger partial charge in [-0.3, -0.25) is 0 Å². The van der Waals surface area contributed by atoms with Gasteiger partial charge in [-0.15, -0.1) is 0 Å². The summed E-state index contributed by atoms with van der Waals surface area (Å²) in [6.45, 7) is 4.88. The lowest BCUT2D eigenvalue weighted by molar-refractivity contribution is 0.590. The van der Waals surface area contributed by atoms with Gasteiger partial charge in [0.15, 0.2) is 0 Å². The second-order valence-corrected chi connectivity index (χ2v) is 4.73. The zero-order valence-electron chi connectivity index (χ0n) is 10.5. The first kappa shape index (κ1) is 11.5. The van der Waals surface area contributed by atoms with Crippen molar-refractivity contribution < 1.29 is 0 Å². The zero-order valence-corrected chi connectivity index (χ0v) is 10.5. The number of piperazine rings is 1. The van der Waals surface area contributed by atoms with Crippen LogP contribution in [0.1, 0.15) is 5.56 Å². The number of benzene rings is 2. The summed E-state index contributed by atoms with van der Waals surface area (Å²) < 4.78 is 0. The van der Waals surface area contributed by atoms with E-state index >= 15 is 0 Å². The normalized spacial score (nSPS) is 16.2. The number of hydrogen-bond acceptors (Lipinski definition) is 3. The van der Waals surface area contributed by atoms with Crippen molar-refractivity contribution in [1.29, 1.82) is 0 Å². The first-order chi connectivity index (χ1) is 8.90. The molecule has 0 saturated carbocycles. The Balaban J connectivity index is 2.12. The van der Waals surface area contributed by atoms with Crippen molar-refractivity contribution in [2.75, 3.05) is 31.1 Å². The third-order valence-electron chi connectivity index (χ3n) is 3.67. The van der Waals surface area contributed by atoms with Gasteiger partial charge in [-0.2, -0.15) is 0 Å². The standard InChI is InChI=1S/C15H19N3/c16-11-12-5-6-15(18-9-7-17-8-10-18)14-4-2-1-3-13(12)14/h1-6,17H,7-11,16H2. The van der Waals surface area contributed by atoms with E-state index in [-0.39, 0.29) is 0 Å². The van der Waals surface area contributed by atoms with Crippen LogP contribution in [-0.2, 0) is 6.54 Å². The molecule has 0 radical (unpaired) electrons. The molecule has 0 aliphatic carbocycles. The SMILES string of the molecule is NCc1ccc(N2CCNCC2)c2ccccc12. The van der Waals surface area contributed by atoms with E-state index in [9.17, 15) is 0 Å². The summed E-state index contributed by atoms with van der Waals surface area (Å²) in [5.74, 6) is 0. The van der Waals surface area contributed by atoms with Gasteiger partial charge in [0.25, 0.3) is 0 Å². The van der Waals surface area contributed by atoms with Gasteiger partial charge in [0.05, 0.1) is 0 Å². The minimum absolute atomic E-state index is 0.600. The summed E-state index contributed by atoms with van der Waals surface area (Å²) in [4.78, 5) is 2.46. The molecule has 0 unspecified atom stereocenters. The summed E-state index contributed by atoms with van der Waals surface area (Å²) >= 11 is 0. The highest BCUT2D eigenvalue weighted by Crippen LogP contribution is 2.29. The number of nitrogens with two attached hydrogens (primary N) is 1. The predicted molar refractivity (Wildman–Crippen MR) is 76.9 cm³/mol. The lowest BCUT2D eigenvalue weighted by Crippen LogP contribution is -2.43. The van der Waals surface area contributed by atoms with Crippen LogP contribution in [0.2, 0.25) is 0 Å². The van der Waals surface area contributed by atoms with E-state index in [0.29, 0.717) is 6.54 Å². The van der Waals surface area contributed by atoms with Gasteiger partial charge < -0.3 is 16.0 Å². The van der Waals surface area contributed by atoms with Gasteiger partial charge in [-0.05, 0) is 17.0 Å². The van der Waals surface area contributed by atoms with Gasteiger partial charge in [-0.25, -0.2) is 0 Å². The number of nitrogens with one attached hydrogen (secondary N) is 1. The van der Waals surface area contributed by atoms with Crippen molar-refractivity contribution in [1.82, 2.24) is 5.32 Å². The van der Waals surface area contributed by atoms with E-state index in [4.69, 9.17) is 5.73 Å². The van der Waals surface area contributed by atoms with Crippen LogP contribution in [0, 0.1) is 0 Å². The monoisotopic (exact) mass is 241 g/mol. The van der Waals surface area contributed by atoms with Crippen LogP contribution in [0.4, 0.5) is 5.69 Å². The average molecular weight is 241 g/mol. The van der Waals surface area contributed by atoms with Crippen LogP contribution in [0.5, 0.6) is 0 Å². The molecule has 1 aliphatic rings. The lowest BCUT2D eigenvalue weighted by Gasteiger charge is -2.30. The number of anilines is 1. The molecule has 0 spiro atoms. The predicted octanol–water partition coefficient (Wildman–Crippen LogP) is 1.71. The van der Waals surface area contributed by atoms with E-state index in [1.165, 1.54) is 22.0 Å². The Hall–Kier alpha value is -1.58. The van der Waals surface area contributed by atoms with Gasteiger partial charge >= 0.3 is 0 Å². The first-order valence-corrected chi connectivity index (χ1v) is 6.56. The highest BCUT2D eigenvalue weighted by atomic mass is 15.2. The summed E-state index contributed by atoms with van der Waals surface area (Å²) in [5.41, 5.74) is 8.38. The average Bonchev–Trinajstić information content (AvgIpc) is 2.47. The molecule has 3 heteroatoms. The quantitative estimate of drug-likeness (QED) is 0.841. The van der Waals surface area contributed by atoms with E-state index in [0.717, 1.165) is 26.2 Å². The molecule has 1 saturated heterocycles. The molecule has 2 aromatic rings. The van der Waals surface area contributed by atoms with Gasteiger partial charge in [0, 0.05) is 43.8 Å². The minimum atomic E-state index is 0.600. The van der Waals surface area contributed by atoms with Crippen molar-refractivity contribution in [3.05, 3.63) is 42.0 Å². The largest absolute Gasteiger partial charge is 0.368 e.